The summed E-state index contributed by atoms with van der Waals surface area (Å²) in [5, 5.41) is 4.45. The first-order chi connectivity index (χ1) is 15.2. The molecule has 31 heavy (non-hydrogen) atoms. The summed E-state index contributed by atoms with van der Waals surface area (Å²) in [6.07, 6.45) is 4.63. The van der Waals surface area contributed by atoms with Crippen LogP contribution in [-0.4, -0.2) is 42.5 Å². The Bertz CT molecular complexity index is 1200. The number of hydrogen-bond donors (Lipinski definition) is 0. The van der Waals surface area contributed by atoms with Gasteiger partial charge in [-0.2, -0.15) is 5.10 Å². The van der Waals surface area contributed by atoms with Gasteiger partial charge in [0.1, 0.15) is 0 Å². The summed E-state index contributed by atoms with van der Waals surface area (Å²) in [7, 11) is 4.88. The standard InChI is InChI=1S/C24H25N3O4/c1-5-12-31-21-9-7-17(14-23(21)30-4)19-10-11-27-24(26-19)18(15-25-27)16-6-8-20(28-2)22(13-16)29-3/h6-11,13-15H,5,12H2,1-4H3. The average molecular weight is 419 g/mol. The summed E-state index contributed by atoms with van der Waals surface area (Å²) in [5.74, 6) is 2.74. The highest BCUT2D eigenvalue weighted by Gasteiger charge is 2.14. The van der Waals surface area contributed by atoms with Crippen LogP contribution < -0.4 is 18.9 Å². The molecule has 0 atom stereocenters. The zero-order valence-electron chi connectivity index (χ0n) is 18.1. The Balaban J connectivity index is 1.76. The highest BCUT2D eigenvalue weighted by molar-refractivity contribution is 5.80. The van der Waals surface area contributed by atoms with E-state index in [9.17, 15) is 0 Å². The Labute approximate surface area is 181 Å². The molecule has 0 aliphatic carbocycles. The number of benzene rings is 2. The van der Waals surface area contributed by atoms with E-state index in [0.29, 0.717) is 23.9 Å². The van der Waals surface area contributed by atoms with Gasteiger partial charge in [-0.15, -0.1) is 0 Å². The van der Waals surface area contributed by atoms with Crippen molar-refractivity contribution in [1.29, 1.82) is 0 Å². The van der Waals surface area contributed by atoms with E-state index in [1.807, 2.05) is 48.7 Å². The van der Waals surface area contributed by atoms with Crippen LogP contribution in [0.2, 0.25) is 0 Å². The second-order valence-electron chi connectivity index (χ2n) is 6.92. The molecule has 0 bridgehead atoms. The number of aromatic nitrogens is 3. The van der Waals surface area contributed by atoms with Crippen molar-refractivity contribution in [2.24, 2.45) is 0 Å². The van der Waals surface area contributed by atoms with Crippen LogP contribution in [-0.2, 0) is 0 Å². The predicted octanol–water partition coefficient (Wildman–Crippen LogP) is 4.88. The molecule has 0 N–H and O–H groups in total. The predicted molar refractivity (Wildman–Crippen MR) is 119 cm³/mol. The molecule has 0 amide bonds. The zero-order chi connectivity index (χ0) is 21.8. The van der Waals surface area contributed by atoms with Crippen molar-refractivity contribution in [2.45, 2.75) is 13.3 Å². The summed E-state index contributed by atoms with van der Waals surface area (Å²) >= 11 is 0. The van der Waals surface area contributed by atoms with E-state index < -0.39 is 0 Å². The molecule has 2 heterocycles. The lowest BCUT2D eigenvalue weighted by Crippen LogP contribution is -1.98. The maximum atomic E-state index is 5.76. The lowest BCUT2D eigenvalue weighted by molar-refractivity contribution is 0.294. The van der Waals surface area contributed by atoms with Gasteiger partial charge in [0.05, 0.1) is 39.8 Å². The first-order valence-corrected chi connectivity index (χ1v) is 10.1. The molecule has 0 saturated heterocycles. The number of rotatable bonds is 8. The van der Waals surface area contributed by atoms with E-state index in [0.717, 1.165) is 40.2 Å². The van der Waals surface area contributed by atoms with Gasteiger partial charge in [-0.3, -0.25) is 0 Å². The maximum absolute atomic E-state index is 5.76. The van der Waals surface area contributed by atoms with Crippen molar-refractivity contribution in [3.63, 3.8) is 0 Å². The van der Waals surface area contributed by atoms with Gasteiger partial charge in [-0.25, -0.2) is 9.50 Å². The first kappa shape index (κ1) is 20.5. The number of ether oxygens (including phenoxy) is 4. The van der Waals surface area contributed by atoms with Crippen LogP contribution in [0.25, 0.3) is 28.0 Å². The Morgan fingerprint density at radius 3 is 2.23 bits per heavy atom. The van der Waals surface area contributed by atoms with Crippen molar-refractivity contribution in [2.75, 3.05) is 27.9 Å². The normalized spacial score (nSPS) is 10.8. The Morgan fingerprint density at radius 2 is 1.48 bits per heavy atom. The van der Waals surface area contributed by atoms with E-state index in [-0.39, 0.29) is 0 Å². The van der Waals surface area contributed by atoms with Crippen LogP contribution in [0.4, 0.5) is 0 Å². The lowest BCUT2D eigenvalue weighted by Gasteiger charge is -2.12. The van der Waals surface area contributed by atoms with E-state index in [1.54, 1.807) is 32.0 Å². The fraction of sp³-hybridized carbons (Fsp3) is 0.250. The molecule has 2 aromatic heterocycles. The molecule has 0 aliphatic heterocycles. The molecule has 0 spiro atoms. The van der Waals surface area contributed by atoms with Crippen LogP contribution >= 0.6 is 0 Å². The molecule has 4 rings (SSSR count). The smallest absolute Gasteiger partial charge is 0.163 e. The zero-order valence-corrected chi connectivity index (χ0v) is 18.1. The topological polar surface area (TPSA) is 67.1 Å². The van der Waals surface area contributed by atoms with Crippen LogP contribution in [0, 0.1) is 0 Å². The Hall–Kier alpha value is -3.74. The van der Waals surface area contributed by atoms with E-state index in [2.05, 4.69) is 12.0 Å². The first-order valence-electron chi connectivity index (χ1n) is 10.1. The van der Waals surface area contributed by atoms with Gasteiger partial charge in [0.2, 0.25) is 0 Å². The summed E-state index contributed by atoms with van der Waals surface area (Å²) in [6, 6.07) is 13.5. The number of fused-ring (bicyclic) bond motifs is 1. The van der Waals surface area contributed by atoms with Crippen molar-refractivity contribution < 1.29 is 18.9 Å². The molecule has 7 nitrogen and oxygen atoms in total. The fourth-order valence-corrected chi connectivity index (χ4v) is 3.40. The molecule has 0 aliphatic rings. The van der Waals surface area contributed by atoms with Crippen LogP contribution in [0.1, 0.15) is 13.3 Å². The van der Waals surface area contributed by atoms with E-state index in [1.165, 1.54) is 0 Å². The highest BCUT2D eigenvalue weighted by Crippen LogP contribution is 2.35. The fourth-order valence-electron chi connectivity index (χ4n) is 3.40. The molecule has 4 aromatic rings. The molecule has 7 heteroatoms. The summed E-state index contributed by atoms with van der Waals surface area (Å²) in [6.45, 7) is 2.71. The SMILES string of the molecule is CCCOc1ccc(-c2ccn3ncc(-c4ccc(OC)c(OC)c4)c3n2)cc1OC. The quantitative estimate of drug-likeness (QED) is 0.406. The van der Waals surface area contributed by atoms with Gasteiger partial charge in [-0.1, -0.05) is 13.0 Å². The molecule has 0 unspecified atom stereocenters. The Morgan fingerprint density at radius 1 is 0.806 bits per heavy atom. The minimum Gasteiger partial charge on any atom is -0.493 e. The van der Waals surface area contributed by atoms with Gasteiger partial charge in [-0.05, 0) is 48.4 Å². The third-order valence-corrected chi connectivity index (χ3v) is 4.98. The lowest BCUT2D eigenvalue weighted by atomic mass is 10.1. The van der Waals surface area contributed by atoms with Crippen LogP contribution in [0.15, 0.2) is 54.9 Å². The van der Waals surface area contributed by atoms with Crippen molar-refractivity contribution >= 4 is 5.65 Å². The maximum Gasteiger partial charge on any atom is 0.163 e. The van der Waals surface area contributed by atoms with Gasteiger partial charge in [0, 0.05) is 17.3 Å². The van der Waals surface area contributed by atoms with Gasteiger partial charge >= 0.3 is 0 Å². The Kier molecular flexibility index (Phi) is 5.93. The number of nitrogens with zero attached hydrogens (tertiary/aromatic N) is 3. The van der Waals surface area contributed by atoms with Crippen LogP contribution in [0.3, 0.4) is 0 Å². The minimum atomic E-state index is 0.643. The summed E-state index contributed by atoms with van der Waals surface area (Å²) in [4.78, 5) is 4.88. The van der Waals surface area contributed by atoms with Crippen molar-refractivity contribution in [1.82, 2.24) is 14.6 Å². The highest BCUT2D eigenvalue weighted by atomic mass is 16.5. The number of methoxy groups -OCH3 is 3. The minimum absolute atomic E-state index is 0.643. The second-order valence-corrected chi connectivity index (χ2v) is 6.92. The van der Waals surface area contributed by atoms with Gasteiger partial charge in [0.25, 0.3) is 0 Å². The molecular weight excluding hydrogens is 394 g/mol. The third-order valence-electron chi connectivity index (χ3n) is 4.98. The number of hydrogen-bond acceptors (Lipinski definition) is 6. The molecule has 0 saturated carbocycles. The van der Waals surface area contributed by atoms with Crippen molar-refractivity contribution in [3.8, 4) is 45.4 Å². The monoisotopic (exact) mass is 419 g/mol. The molecule has 0 radical (unpaired) electrons. The third kappa shape index (κ3) is 3.99. The summed E-state index contributed by atoms with van der Waals surface area (Å²) in [5.41, 5.74) is 4.34. The molecule has 2 aromatic carbocycles. The largest absolute Gasteiger partial charge is 0.493 e. The van der Waals surface area contributed by atoms with Crippen molar-refractivity contribution in [3.05, 3.63) is 54.9 Å². The molecule has 0 fully saturated rings. The van der Waals surface area contributed by atoms with Gasteiger partial charge in [0.15, 0.2) is 28.6 Å². The van der Waals surface area contributed by atoms with Crippen LogP contribution in [0.5, 0.6) is 23.0 Å². The second kappa shape index (κ2) is 8.95. The summed E-state index contributed by atoms with van der Waals surface area (Å²) < 4.78 is 23.8. The van der Waals surface area contributed by atoms with E-state index >= 15 is 0 Å². The molecule has 160 valence electrons. The van der Waals surface area contributed by atoms with E-state index in [4.69, 9.17) is 23.9 Å². The molecular formula is C24H25N3O4. The average Bonchev–Trinajstić information content (AvgIpc) is 3.25. The van der Waals surface area contributed by atoms with Gasteiger partial charge < -0.3 is 18.9 Å².